The molecule has 3 heterocycles. The number of rotatable bonds is 2. The van der Waals surface area contributed by atoms with Gasteiger partial charge in [0.05, 0.1) is 29.4 Å². The van der Waals surface area contributed by atoms with Gasteiger partial charge in [0.15, 0.2) is 11.5 Å². The van der Waals surface area contributed by atoms with Crippen molar-refractivity contribution in [3.63, 3.8) is 0 Å². The van der Waals surface area contributed by atoms with E-state index in [0.29, 0.717) is 34.5 Å². The zero-order chi connectivity index (χ0) is 19.4. The van der Waals surface area contributed by atoms with Crippen LogP contribution in [0.15, 0.2) is 24.4 Å². The maximum Gasteiger partial charge on any atom is 0.232 e. The third kappa shape index (κ3) is 2.73. The zero-order valence-electron chi connectivity index (χ0n) is 15.2. The van der Waals surface area contributed by atoms with Crippen molar-refractivity contribution in [3.8, 4) is 28.0 Å². The van der Waals surface area contributed by atoms with E-state index >= 15 is 0 Å². The summed E-state index contributed by atoms with van der Waals surface area (Å²) >= 11 is 7.97. The van der Waals surface area contributed by atoms with Crippen LogP contribution in [-0.2, 0) is 0 Å². The van der Waals surface area contributed by atoms with Crippen molar-refractivity contribution in [2.75, 3.05) is 13.7 Å². The van der Waals surface area contributed by atoms with Gasteiger partial charge in [-0.1, -0.05) is 11.6 Å². The molecule has 5 rings (SSSR count). The van der Waals surface area contributed by atoms with E-state index in [1.807, 2.05) is 19.1 Å². The van der Waals surface area contributed by atoms with Gasteiger partial charge in [0.1, 0.15) is 27.9 Å². The SMILES string of the molecule is [CH2]C1COc2c(cc(Cl)c3nc(-c4cc(C)cc5nc(OC)cnc45)sc23)O1. The minimum atomic E-state index is -0.264. The Balaban J connectivity index is 1.75. The highest BCUT2D eigenvalue weighted by Gasteiger charge is 2.25. The molecule has 6 nitrogen and oxygen atoms in total. The van der Waals surface area contributed by atoms with Crippen molar-refractivity contribution in [2.24, 2.45) is 0 Å². The molecular formula is C20H15ClN3O3S. The number of aromatic nitrogens is 3. The summed E-state index contributed by atoms with van der Waals surface area (Å²) in [7, 11) is 1.57. The number of halogens is 1. The lowest BCUT2D eigenvalue weighted by Gasteiger charge is -2.24. The van der Waals surface area contributed by atoms with Gasteiger partial charge in [-0.05, 0) is 31.5 Å². The fourth-order valence-corrected chi connectivity index (χ4v) is 4.63. The van der Waals surface area contributed by atoms with Crippen LogP contribution in [0.2, 0.25) is 5.02 Å². The lowest BCUT2D eigenvalue weighted by molar-refractivity contribution is 0.123. The van der Waals surface area contributed by atoms with Gasteiger partial charge in [0.25, 0.3) is 0 Å². The first-order valence-corrected chi connectivity index (χ1v) is 9.80. The number of fused-ring (bicyclic) bond motifs is 4. The van der Waals surface area contributed by atoms with Crippen molar-refractivity contribution >= 4 is 44.2 Å². The van der Waals surface area contributed by atoms with E-state index in [1.54, 1.807) is 19.4 Å². The Morgan fingerprint density at radius 3 is 2.93 bits per heavy atom. The van der Waals surface area contributed by atoms with Gasteiger partial charge >= 0.3 is 0 Å². The molecule has 0 spiro atoms. The second-order valence-electron chi connectivity index (χ2n) is 6.53. The van der Waals surface area contributed by atoms with E-state index in [1.165, 1.54) is 11.3 Å². The number of hydrogen-bond acceptors (Lipinski definition) is 7. The van der Waals surface area contributed by atoms with Gasteiger partial charge in [-0.2, -0.15) is 0 Å². The molecule has 4 aromatic rings. The number of nitrogens with zero attached hydrogens (tertiary/aromatic N) is 3. The Kier molecular flexibility index (Phi) is 4.03. The van der Waals surface area contributed by atoms with E-state index in [2.05, 4.69) is 16.9 Å². The lowest BCUT2D eigenvalue weighted by Crippen LogP contribution is -2.26. The molecule has 1 unspecified atom stereocenters. The molecule has 1 aliphatic rings. The van der Waals surface area contributed by atoms with E-state index in [-0.39, 0.29) is 6.10 Å². The quantitative estimate of drug-likeness (QED) is 0.469. The van der Waals surface area contributed by atoms with Crippen LogP contribution in [0.4, 0.5) is 0 Å². The van der Waals surface area contributed by atoms with Crippen molar-refractivity contribution in [3.05, 3.63) is 41.9 Å². The highest BCUT2D eigenvalue weighted by molar-refractivity contribution is 7.22. The molecule has 0 amide bonds. The number of benzene rings is 2. The van der Waals surface area contributed by atoms with E-state index in [4.69, 9.17) is 30.8 Å². The number of ether oxygens (including phenoxy) is 3. The number of methoxy groups -OCH3 is 1. The van der Waals surface area contributed by atoms with Crippen LogP contribution in [0.25, 0.3) is 31.8 Å². The molecule has 8 heteroatoms. The smallest absolute Gasteiger partial charge is 0.232 e. The maximum atomic E-state index is 6.48. The maximum absolute atomic E-state index is 6.48. The van der Waals surface area contributed by atoms with Crippen LogP contribution in [0, 0.1) is 13.8 Å². The highest BCUT2D eigenvalue weighted by atomic mass is 35.5. The van der Waals surface area contributed by atoms with Gasteiger partial charge in [0.2, 0.25) is 5.88 Å². The highest BCUT2D eigenvalue weighted by Crippen LogP contribution is 2.47. The second kappa shape index (κ2) is 6.46. The fourth-order valence-electron chi connectivity index (χ4n) is 3.24. The first-order chi connectivity index (χ1) is 13.5. The second-order valence-corrected chi connectivity index (χ2v) is 7.93. The molecule has 1 radical (unpaired) electrons. The van der Waals surface area contributed by atoms with Crippen molar-refractivity contribution in [2.45, 2.75) is 13.0 Å². The van der Waals surface area contributed by atoms with Crippen molar-refractivity contribution in [1.82, 2.24) is 15.0 Å². The zero-order valence-corrected chi connectivity index (χ0v) is 16.7. The van der Waals surface area contributed by atoms with Crippen LogP contribution in [0.1, 0.15) is 5.56 Å². The van der Waals surface area contributed by atoms with Crippen LogP contribution in [0.5, 0.6) is 17.4 Å². The predicted molar refractivity (Wildman–Crippen MR) is 110 cm³/mol. The predicted octanol–water partition coefficient (Wildman–Crippen LogP) is 4.85. The Labute approximate surface area is 170 Å². The summed E-state index contributed by atoms with van der Waals surface area (Å²) in [5.41, 5.74) is 4.13. The summed E-state index contributed by atoms with van der Waals surface area (Å²) < 4.78 is 17.7. The van der Waals surface area contributed by atoms with E-state index < -0.39 is 0 Å². The molecule has 0 fully saturated rings. The molecule has 1 atom stereocenters. The molecule has 141 valence electrons. The van der Waals surface area contributed by atoms with Crippen LogP contribution >= 0.6 is 22.9 Å². The van der Waals surface area contributed by atoms with E-state index in [0.717, 1.165) is 31.9 Å². The fraction of sp³-hybridized carbons (Fsp3) is 0.200. The summed E-state index contributed by atoms with van der Waals surface area (Å²) in [6.07, 6.45) is 1.34. The number of aryl methyl sites for hydroxylation is 1. The molecule has 2 aromatic heterocycles. The molecule has 2 aromatic carbocycles. The summed E-state index contributed by atoms with van der Waals surface area (Å²) in [4.78, 5) is 13.8. The summed E-state index contributed by atoms with van der Waals surface area (Å²) in [6, 6.07) is 5.76. The third-order valence-corrected chi connectivity index (χ3v) is 5.83. The average molecular weight is 413 g/mol. The first kappa shape index (κ1) is 17.5. The van der Waals surface area contributed by atoms with Gasteiger partial charge in [-0.15, -0.1) is 11.3 Å². The lowest BCUT2D eigenvalue weighted by atomic mass is 10.1. The first-order valence-electron chi connectivity index (χ1n) is 8.61. The Morgan fingerprint density at radius 2 is 2.11 bits per heavy atom. The number of thiazole rings is 1. The molecular weight excluding hydrogens is 398 g/mol. The minimum absolute atomic E-state index is 0.264. The molecule has 0 N–H and O–H groups in total. The molecule has 0 saturated heterocycles. The largest absolute Gasteiger partial charge is 0.484 e. The van der Waals surface area contributed by atoms with E-state index in [9.17, 15) is 0 Å². The normalized spacial score (nSPS) is 15.9. The van der Waals surface area contributed by atoms with Gasteiger partial charge in [0, 0.05) is 11.6 Å². The topological polar surface area (TPSA) is 66.4 Å². The molecule has 1 aliphatic heterocycles. The van der Waals surface area contributed by atoms with Gasteiger partial charge < -0.3 is 14.2 Å². The Hall–Kier alpha value is -2.64. The van der Waals surface area contributed by atoms with Crippen molar-refractivity contribution in [1.29, 1.82) is 0 Å². The summed E-state index contributed by atoms with van der Waals surface area (Å²) in [5, 5.41) is 1.30. The minimum Gasteiger partial charge on any atom is -0.484 e. The summed E-state index contributed by atoms with van der Waals surface area (Å²) in [6.45, 7) is 6.28. The third-order valence-electron chi connectivity index (χ3n) is 4.46. The monoisotopic (exact) mass is 412 g/mol. The molecule has 0 saturated carbocycles. The van der Waals surface area contributed by atoms with Crippen molar-refractivity contribution < 1.29 is 14.2 Å². The standard InChI is InChI=1S/C20H15ClN3O3S/c1-9-4-11(16-13(5-9)23-15(25-3)7-22-16)20-24-17-12(21)6-14-18(19(17)28-20)26-8-10(2)27-14/h4-7,10H,2,8H2,1,3H3. The van der Waals surface area contributed by atoms with Gasteiger partial charge in [-0.25, -0.2) is 15.0 Å². The van der Waals surface area contributed by atoms with Crippen LogP contribution < -0.4 is 14.2 Å². The Bertz CT molecular complexity index is 1240. The molecule has 28 heavy (non-hydrogen) atoms. The van der Waals surface area contributed by atoms with Crippen LogP contribution in [-0.4, -0.2) is 34.8 Å². The Morgan fingerprint density at radius 1 is 1.25 bits per heavy atom. The average Bonchev–Trinajstić information content (AvgIpc) is 3.12. The van der Waals surface area contributed by atoms with Gasteiger partial charge in [-0.3, -0.25) is 0 Å². The summed E-state index contributed by atoms with van der Waals surface area (Å²) in [5.74, 6) is 1.73. The van der Waals surface area contributed by atoms with Crippen LogP contribution in [0.3, 0.4) is 0 Å². The number of hydrogen-bond donors (Lipinski definition) is 0. The molecule has 0 bridgehead atoms. The molecule has 0 aliphatic carbocycles.